The van der Waals surface area contributed by atoms with Gasteiger partial charge in [-0.25, -0.2) is 0 Å². The second kappa shape index (κ2) is 5.79. The minimum absolute atomic E-state index is 0.182. The molecule has 94 valence electrons. The number of aliphatic hydroxyl groups excluding tert-OH is 1. The quantitative estimate of drug-likeness (QED) is 0.615. The van der Waals surface area contributed by atoms with E-state index in [1.807, 2.05) is 6.07 Å². The molecule has 1 aliphatic heterocycles. The standard InChI is InChI=1S/C11H19N5O/c12-9-2-4-16(8-9)10-6-11(15-14-7-10)13-3-1-5-17/h6-7,9,17H,1-5,8,12H2,(H,13,15)/t9-/m1/s1. The highest BCUT2D eigenvalue weighted by atomic mass is 16.3. The Morgan fingerprint density at radius 1 is 1.59 bits per heavy atom. The molecule has 2 heterocycles. The predicted octanol–water partition coefficient (Wildman–Crippen LogP) is -0.192. The first kappa shape index (κ1) is 12.1. The van der Waals surface area contributed by atoms with E-state index in [0.717, 1.165) is 31.0 Å². The summed E-state index contributed by atoms with van der Waals surface area (Å²) in [6.07, 6.45) is 3.49. The average molecular weight is 237 g/mol. The Morgan fingerprint density at radius 2 is 2.47 bits per heavy atom. The van der Waals surface area contributed by atoms with Crippen molar-refractivity contribution in [1.29, 1.82) is 0 Å². The lowest BCUT2D eigenvalue weighted by Crippen LogP contribution is -2.26. The van der Waals surface area contributed by atoms with E-state index in [9.17, 15) is 0 Å². The molecule has 1 atom stereocenters. The van der Waals surface area contributed by atoms with Crippen LogP contribution in [0.25, 0.3) is 0 Å². The second-order valence-electron chi connectivity index (χ2n) is 4.30. The minimum Gasteiger partial charge on any atom is -0.396 e. The second-order valence-corrected chi connectivity index (χ2v) is 4.30. The molecule has 2 rings (SSSR count). The molecule has 6 nitrogen and oxygen atoms in total. The van der Waals surface area contributed by atoms with Gasteiger partial charge < -0.3 is 21.1 Å². The van der Waals surface area contributed by atoms with Gasteiger partial charge in [0, 0.05) is 38.3 Å². The molecular weight excluding hydrogens is 218 g/mol. The van der Waals surface area contributed by atoms with Gasteiger partial charge in [-0.05, 0) is 12.8 Å². The molecule has 0 radical (unpaired) electrons. The van der Waals surface area contributed by atoms with E-state index in [4.69, 9.17) is 10.8 Å². The van der Waals surface area contributed by atoms with Crippen LogP contribution in [-0.4, -0.2) is 47.6 Å². The molecule has 0 unspecified atom stereocenters. The first-order valence-electron chi connectivity index (χ1n) is 5.97. The van der Waals surface area contributed by atoms with E-state index in [1.54, 1.807) is 6.20 Å². The fourth-order valence-electron chi connectivity index (χ4n) is 1.93. The highest BCUT2D eigenvalue weighted by molar-refractivity contribution is 5.52. The summed E-state index contributed by atoms with van der Waals surface area (Å²) in [6.45, 7) is 2.74. The van der Waals surface area contributed by atoms with E-state index >= 15 is 0 Å². The number of nitrogens with zero attached hydrogens (tertiary/aromatic N) is 3. The maximum atomic E-state index is 8.70. The van der Waals surface area contributed by atoms with Crippen molar-refractivity contribution in [2.45, 2.75) is 18.9 Å². The third kappa shape index (κ3) is 3.28. The van der Waals surface area contributed by atoms with Crippen LogP contribution in [0.3, 0.4) is 0 Å². The molecule has 0 aliphatic carbocycles. The van der Waals surface area contributed by atoms with Crippen LogP contribution in [0.15, 0.2) is 12.3 Å². The van der Waals surface area contributed by atoms with Crippen molar-refractivity contribution in [3.63, 3.8) is 0 Å². The number of anilines is 2. The van der Waals surface area contributed by atoms with Gasteiger partial charge in [-0.3, -0.25) is 0 Å². The van der Waals surface area contributed by atoms with Crippen molar-refractivity contribution in [1.82, 2.24) is 10.2 Å². The third-order valence-corrected chi connectivity index (χ3v) is 2.87. The molecule has 0 aromatic carbocycles. The topological polar surface area (TPSA) is 87.3 Å². The van der Waals surface area contributed by atoms with Gasteiger partial charge in [0.25, 0.3) is 0 Å². The molecule has 1 aliphatic rings. The summed E-state index contributed by atoms with van der Waals surface area (Å²) in [5.74, 6) is 0.747. The highest BCUT2D eigenvalue weighted by Gasteiger charge is 2.19. The summed E-state index contributed by atoms with van der Waals surface area (Å²) in [7, 11) is 0. The van der Waals surface area contributed by atoms with Crippen molar-refractivity contribution in [2.24, 2.45) is 5.73 Å². The molecule has 0 amide bonds. The Kier molecular flexibility index (Phi) is 4.11. The number of nitrogens with two attached hydrogens (primary N) is 1. The van der Waals surface area contributed by atoms with Gasteiger partial charge in [-0.15, -0.1) is 5.10 Å². The highest BCUT2D eigenvalue weighted by Crippen LogP contribution is 2.20. The summed E-state index contributed by atoms with van der Waals surface area (Å²) < 4.78 is 0. The van der Waals surface area contributed by atoms with Crippen molar-refractivity contribution < 1.29 is 5.11 Å². The fraction of sp³-hybridized carbons (Fsp3) is 0.636. The lowest BCUT2D eigenvalue weighted by Gasteiger charge is -2.17. The van der Waals surface area contributed by atoms with Gasteiger partial charge in [-0.2, -0.15) is 5.10 Å². The van der Waals surface area contributed by atoms with Gasteiger partial charge in [0.05, 0.1) is 11.9 Å². The van der Waals surface area contributed by atoms with E-state index in [1.165, 1.54) is 0 Å². The Hall–Kier alpha value is -1.40. The number of nitrogens with one attached hydrogen (secondary N) is 1. The lowest BCUT2D eigenvalue weighted by atomic mass is 10.3. The van der Waals surface area contributed by atoms with Crippen LogP contribution in [0, 0.1) is 0 Å². The first-order chi connectivity index (χ1) is 8.29. The fourth-order valence-corrected chi connectivity index (χ4v) is 1.93. The van der Waals surface area contributed by atoms with E-state index < -0.39 is 0 Å². The van der Waals surface area contributed by atoms with Gasteiger partial charge in [0.15, 0.2) is 5.82 Å². The molecule has 1 fully saturated rings. The molecule has 6 heteroatoms. The first-order valence-corrected chi connectivity index (χ1v) is 5.97. The zero-order valence-electron chi connectivity index (χ0n) is 9.84. The molecule has 0 saturated carbocycles. The van der Waals surface area contributed by atoms with Crippen LogP contribution in [0.5, 0.6) is 0 Å². The van der Waals surface area contributed by atoms with Gasteiger partial charge in [0.2, 0.25) is 0 Å². The third-order valence-electron chi connectivity index (χ3n) is 2.87. The lowest BCUT2D eigenvalue weighted by molar-refractivity contribution is 0.292. The summed E-state index contributed by atoms with van der Waals surface area (Å²) in [6, 6.07) is 2.23. The van der Waals surface area contributed by atoms with Gasteiger partial charge in [0.1, 0.15) is 0 Å². The molecule has 4 N–H and O–H groups in total. The molecule has 1 aromatic rings. The maximum Gasteiger partial charge on any atom is 0.150 e. The van der Waals surface area contributed by atoms with E-state index in [0.29, 0.717) is 13.0 Å². The summed E-state index contributed by atoms with van der Waals surface area (Å²) in [5.41, 5.74) is 6.93. The van der Waals surface area contributed by atoms with Gasteiger partial charge in [-0.1, -0.05) is 0 Å². The smallest absolute Gasteiger partial charge is 0.150 e. The summed E-state index contributed by atoms with van der Waals surface area (Å²) in [5, 5.41) is 19.8. The Labute approximate surface area is 101 Å². The zero-order valence-corrected chi connectivity index (χ0v) is 9.84. The molecule has 17 heavy (non-hydrogen) atoms. The largest absolute Gasteiger partial charge is 0.396 e. The van der Waals surface area contributed by atoms with Gasteiger partial charge >= 0.3 is 0 Å². The monoisotopic (exact) mass is 237 g/mol. The molecule has 0 bridgehead atoms. The number of rotatable bonds is 5. The Balaban J connectivity index is 1.96. The van der Waals surface area contributed by atoms with Crippen molar-refractivity contribution in [2.75, 3.05) is 36.5 Å². The molecule has 1 aromatic heterocycles. The van der Waals surface area contributed by atoms with Crippen LogP contribution in [0.1, 0.15) is 12.8 Å². The van der Waals surface area contributed by atoms with E-state index in [2.05, 4.69) is 20.4 Å². The van der Waals surface area contributed by atoms with Crippen molar-refractivity contribution in [3.8, 4) is 0 Å². The van der Waals surface area contributed by atoms with E-state index in [-0.39, 0.29) is 12.6 Å². The van der Waals surface area contributed by atoms with Crippen molar-refractivity contribution >= 4 is 11.5 Å². The Bertz CT molecular complexity index is 359. The summed E-state index contributed by atoms with van der Waals surface area (Å²) in [4.78, 5) is 2.22. The Morgan fingerprint density at radius 3 is 3.18 bits per heavy atom. The zero-order chi connectivity index (χ0) is 12.1. The van der Waals surface area contributed by atoms with Crippen LogP contribution in [0.2, 0.25) is 0 Å². The molecule has 1 saturated heterocycles. The molecule has 0 spiro atoms. The minimum atomic E-state index is 0.182. The van der Waals surface area contributed by atoms with Crippen LogP contribution in [-0.2, 0) is 0 Å². The number of aromatic nitrogens is 2. The van der Waals surface area contributed by atoms with Crippen molar-refractivity contribution in [3.05, 3.63) is 12.3 Å². The number of hydrogen-bond donors (Lipinski definition) is 3. The normalized spacial score (nSPS) is 19.6. The maximum absolute atomic E-state index is 8.70. The van der Waals surface area contributed by atoms with Crippen LogP contribution >= 0.6 is 0 Å². The predicted molar refractivity (Wildman–Crippen MR) is 67.0 cm³/mol. The SMILES string of the molecule is N[C@@H]1CCN(c2cnnc(NCCCO)c2)C1. The van der Waals surface area contributed by atoms with Crippen LogP contribution in [0.4, 0.5) is 11.5 Å². The number of hydrogen-bond acceptors (Lipinski definition) is 6. The summed E-state index contributed by atoms with van der Waals surface area (Å²) >= 11 is 0. The molecular formula is C11H19N5O. The van der Waals surface area contributed by atoms with Crippen LogP contribution < -0.4 is 16.0 Å². The average Bonchev–Trinajstić information content (AvgIpc) is 2.77. The number of aliphatic hydroxyl groups is 1.